The number of hydrogen-bond acceptors (Lipinski definition) is 3. The van der Waals surface area contributed by atoms with Crippen molar-refractivity contribution in [3.05, 3.63) is 102 Å². The van der Waals surface area contributed by atoms with E-state index >= 15 is 0 Å². The van der Waals surface area contributed by atoms with Gasteiger partial charge in [0.05, 0.1) is 20.9 Å². The molecule has 0 amide bonds. The molecule has 6 aromatic rings. The van der Waals surface area contributed by atoms with Gasteiger partial charge in [-0.2, -0.15) is 0 Å². The van der Waals surface area contributed by atoms with Crippen LogP contribution in [0.5, 0.6) is 0 Å². The number of hydrogen-bond donors (Lipinski definition) is 1. The molecule has 5 aromatic carbocycles. The average molecular weight is 437 g/mol. The van der Waals surface area contributed by atoms with Crippen LogP contribution in [0.2, 0.25) is 5.02 Å². The van der Waals surface area contributed by atoms with Gasteiger partial charge in [-0.3, -0.25) is 0 Å². The lowest BCUT2D eigenvalue weighted by Gasteiger charge is -2.14. The molecule has 6 rings (SSSR count). The van der Waals surface area contributed by atoms with Gasteiger partial charge >= 0.3 is 0 Å². The number of thiazole rings is 1. The second kappa shape index (κ2) is 7.38. The molecule has 148 valence electrons. The quantitative estimate of drug-likeness (QED) is 0.300. The lowest BCUT2D eigenvalue weighted by molar-refractivity contribution is 1.48. The van der Waals surface area contributed by atoms with Gasteiger partial charge in [0.1, 0.15) is 5.01 Å². The molecule has 0 aliphatic heterocycles. The summed E-state index contributed by atoms with van der Waals surface area (Å²) in [4.78, 5) is 4.97. The van der Waals surface area contributed by atoms with Gasteiger partial charge in [-0.15, -0.1) is 11.3 Å². The van der Waals surface area contributed by atoms with Gasteiger partial charge < -0.3 is 5.32 Å². The third-order valence-corrected chi connectivity index (χ3v) is 7.02. The van der Waals surface area contributed by atoms with Gasteiger partial charge in [0.2, 0.25) is 0 Å². The first-order valence-electron chi connectivity index (χ1n) is 10.1. The Balaban J connectivity index is 1.58. The smallest absolute Gasteiger partial charge is 0.124 e. The average Bonchev–Trinajstić information content (AvgIpc) is 3.26. The highest BCUT2D eigenvalue weighted by molar-refractivity contribution is 7.22. The monoisotopic (exact) mass is 436 g/mol. The first kappa shape index (κ1) is 18.4. The Bertz CT molecular complexity index is 1570. The summed E-state index contributed by atoms with van der Waals surface area (Å²) in [6, 6.07) is 33.2. The van der Waals surface area contributed by atoms with Gasteiger partial charge in [0.15, 0.2) is 0 Å². The van der Waals surface area contributed by atoms with E-state index in [1.54, 1.807) is 11.3 Å². The van der Waals surface area contributed by atoms with Crippen molar-refractivity contribution in [1.82, 2.24) is 4.98 Å². The van der Waals surface area contributed by atoms with Crippen LogP contribution in [0, 0.1) is 0 Å². The van der Waals surface area contributed by atoms with Crippen LogP contribution < -0.4 is 5.32 Å². The van der Waals surface area contributed by atoms with Gasteiger partial charge in [-0.25, -0.2) is 4.98 Å². The van der Waals surface area contributed by atoms with Crippen molar-refractivity contribution in [3.8, 4) is 10.6 Å². The molecule has 0 atom stereocenters. The van der Waals surface area contributed by atoms with Crippen LogP contribution in [0.1, 0.15) is 0 Å². The van der Waals surface area contributed by atoms with Crippen LogP contribution in [-0.2, 0) is 0 Å². The van der Waals surface area contributed by atoms with Crippen LogP contribution in [0.4, 0.5) is 11.4 Å². The molecule has 1 N–H and O–H groups in total. The topological polar surface area (TPSA) is 24.9 Å². The molecule has 0 aliphatic carbocycles. The zero-order valence-corrected chi connectivity index (χ0v) is 18.0. The molecule has 0 spiro atoms. The summed E-state index contributed by atoms with van der Waals surface area (Å²) in [5.41, 5.74) is 4.05. The number of aromatic nitrogens is 1. The predicted octanol–water partition coefficient (Wildman–Crippen LogP) is 8.67. The molecule has 0 unspecified atom stereocenters. The van der Waals surface area contributed by atoms with E-state index in [9.17, 15) is 0 Å². The molecule has 4 heteroatoms. The van der Waals surface area contributed by atoms with Crippen molar-refractivity contribution in [1.29, 1.82) is 0 Å². The Morgan fingerprint density at radius 2 is 1.42 bits per heavy atom. The second-order valence-electron chi connectivity index (χ2n) is 7.47. The number of halogens is 1. The minimum absolute atomic E-state index is 0.700. The molecule has 0 saturated heterocycles. The third kappa shape index (κ3) is 3.14. The molecule has 0 saturated carbocycles. The molecular formula is C27H17ClN2S. The Hall–Kier alpha value is -3.40. The lowest BCUT2D eigenvalue weighted by Crippen LogP contribution is -1.94. The number of rotatable bonds is 3. The SMILES string of the molecule is Clc1ccc2ccccc2c1Nc1cc2nc(-c3ccccc3)sc2c2ccccc12. The van der Waals surface area contributed by atoms with E-state index in [2.05, 4.69) is 78.1 Å². The van der Waals surface area contributed by atoms with Crippen LogP contribution >= 0.6 is 22.9 Å². The number of nitrogens with one attached hydrogen (secondary N) is 1. The van der Waals surface area contributed by atoms with Crippen LogP contribution in [0.15, 0.2) is 97.1 Å². The molecule has 2 nitrogen and oxygen atoms in total. The van der Waals surface area contributed by atoms with E-state index in [0.717, 1.165) is 43.6 Å². The number of fused-ring (bicyclic) bond motifs is 4. The summed E-state index contributed by atoms with van der Waals surface area (Å²) in [6.07, 6.45) is 0. The Morgan fingerprint density at radius 3 is 2.26 bits per heavy atom. The minimum atomic E-state index is 0.700. The van der Waals surface area contributed by atoms with Crippen molar-refractivity contribution in [2.24, 2.45) is 0 Å². The Kier molecular flexibility index (Phi) is 4.37. The predicted molar refractivity (Wildman–Crippen MR) is 135 cm³/mol. The molecule has 0 radical (unpaired) electrons. The fourth-order valence-electron chi connectivity index (χ4n) is 4.07. The van der Waals surface area contributed by atoms with Crippen molar-refractivity contribution in [3.63, 3.8) is 0 Å². The summed E-state index contributed by atoms with van der Waals surface area (Å²) in [6.45, 7) is 0. The zero-order chi connectivity index (χ0) is 20.8. The summed E-state index contributed by atoms with van der Waals surface area (Å²) < 4.78 is 1.20. The largest absolute Gasteiger partial charge is 0.353 e. The molecule has 0 bridgehead atoms. The van der Waals surface area contributed by atoms with E-state index in [4.69, 9.17) is 16.6 Å². The highest BCUT2D eigenvalue weighted by Gasteiger charge is 2.14. The Labute approximate surface area is 188 Å². The van der Waals surface area contributed by atoms with Gasteiger partial charge in [0, 0.05) is 27.4 Å². The summed E-state index contributed by atoms with van der Waals surface area (Å²) >= 11 is 8.37. The van der Waals surface area contributed by atoms with Gasteiger partial charge in [0.25, 0.3) is 0 Å². The normalized spacial score (nSPS) is 11.4. The van der Waals surface area contributed by atoms with Crippen molar-refractivity contribution >= 4 is 66.1 Å². The molecule has 31 heavy (non-hydrogen) atoms. The molecule has 0 aliphatic rings. The van der Waals surface area contributed by atoms with E-state index in [-0.39, 0.29) is 0 Å². The lowest BCUT2D eigenvalue weighted by atomic mass is 10.1. The third-order valence-electron chi connectivity index (χ3n) is 5.55. The van der Waals surface area contributed by atoms with E-state index < -0.39 is 0 Å². The van der Waals surface area contributed by atoms with E-state index in [1.165, 1.54) is 10.1 Å². The standard InChI is InChI=1S/C27H17ClN2S/c28-22-15-14-17-8-4-5-11-19(17)25(22)29-23-16-24-26(21-13-7-6-12-20(21)23)31-27(30-24)18-9-2-1-3-10-18/h1-16,29H. The van der Waals surface area contributed by atoms with Crippen molar-refractivity contribution < 1.29 is 0 Å². The van der Waals surface area contributed by atoms with Gasteiger partial charge in [-0.05, 0) is 17.5 Å². The number of anilines is 2. The van der Waals surface area contributed by atoms with Crippen molar-refractivity contribution in [2.75, 3.05) is 5.32 Å². The zero-order valence-electron chi connectivity index (χ0n) is 16.5. The first-order chi connectivity index (χ1) is 15.3. The highest BCUT2D eigenvalue weighted by atomic mass is 35.5. The number of nitrogens with zero attached hydrogens (tertiary/aromatic N) is 1. The number of benzene rings is 5. The molecular weight excluding hydrogens is 420 g/mol. The highest BCUT2D eigenvalue weighted by Crippen LogP contribution is 2.41. The fraction of sp³-hybridized carbons (Fsp3) is 0. The van der Waals surface area contributed by atoms with Crippen LogP contribution in [0.3, 0.4) is 0 Å². The maximum atomic E-state index is 6.63. The van der Waals surface area contributed by atoms with E-state index in [0.29, 0.717) is 5.02 Å². The van der Waals surface area contributed by atoms with E-state index in [1.807, 2.05) is 24.3 Å². The maximum absolute atomic E-state index is 6.63. The molecule has 0 fully saturated rings. The summed E-state index contributed by atoms with van der Waals surface area (Å²) in [5.74, 6) is 0. The first-order valence-corrected chi connectivity index (χ1v) is 11.3. The summed E-state index contributed by atoms with van der Waals surface area (Å²) in [5, 5.41) is 9.96. The fourth-order valence-corrected chi connectivity index (χ4v) is 5.37. The van der Waals surface area contributed by atoms with Crippen LogP contribution in [0.25, 0.3) is 42.3 Å². The second-order valence-corrected chi connectivity index (χ2v) is 8.88. The Morgan fingerprint density at radius 1 is 0.710 bits per heavy atom. The minimum Gasteiger partial charge on any atom is -0.353 e. The van der Waals surface area contributed by atoms with Gasteiger partial charge in [-0.1, -0.05) is 96.5 Å². The van der Waals surface area contributed by atoms with Crippen LogP contribution in [-0.4, -0.2) is 4.98 Å². The van der Waals surface area contributed by atoms with Crippen molar-refractivity contribution in [2.45, 2.75) is 0 Å². The molecule has 1 heterocycles. The maximum Gasteiger partial charge on any atom is 0.124 e. The summed E-state index contributed by atoms with van der Waals surface area (Å²) in [7, 11) is 0. The molecule has 1 aromatic heterocycles.